The quantitative estimate of drug-likeness (QED) is 0.380. The fraction of sp³-hybridized carbons (Fsp3) is 0.440. The molecule has 1 fully saturated rings. The summed E-state index contributed by atoms with van der Waals surface area (Å²) in [7, 11) is 1.49. The monoisotopic (exact) mass is 515 g/mol. The third-order valence-corrected chi connectivity index (χ3v) is 6.77. The molecule has 12 heteroatoms. The molecule has 37 heavy (non-hydrogen) atoms. The Morgan fingerprint density at radius 2 is 1.92 bits per heavy atom. The molecule has 1 aliphatic rings. The van der Waals surface area contributed by atoms with Crippen molar-refractivity contribution in [3.8, 4) is 17.0 Å². The fourth-order valence-corrected chi connectivity index (χ4v) is 5.10. The molecule has 9 nitrogen and oxygen atoms in total. The Balaban J connectivity index is 1.47. The van der Waals surface area contributed by atoms with Gasteiger partial charge in [0.05, 0.1) is 19.2 Å². The second-order valence-electron chi connectivity index (χ2n) is 9.35. The number of carbonyl (C=O) groups is 1. The van der Waals surface area contributed by atoms with Crippen molar-refractivity contribution in [1.82, 2.24) is 29.5 Å². The molecule has 1 aromatic carbocycles. The summed E-state index contributed by atoms with van der Waals surface area (Å²) in [5.41, 5.74) is 1.94. The standard InChI is InChI=1S/C25H28F3N7O2/c1-13-29-22-19(26)10-15(11-20(22)34(13)12-21(27)28)18-8-9-35-23(18)24(37-3)32-25(33-35)31-17-6-4-16(5-7-17)30-14(2)36/h8-11,16-17,21H,4-7,12H2,1-3H3,(H,30,36)(H,31,33). The molecule has 4 aromatic rings. The minimum atomic E-state index is -2.60. The second kappa shape index (κ2) is 9.91. The van der Waals surface area contributed by atoms with Gasteiger partial charge in [0, 0.05) is 30.8 Å². The van der Waals surface area contributed by atoms with Crippen LogP contribution in [0.15, 0.2) is 24.4 Å². The molecule has 0 radical (unpaired) electrons. The minimum absolute atomic E-state index is 0.0222. The van der Waals surface area contributed by atoms with Crippen LogP contribution in [0.1, 0.15) is 38.4 Å². The number of ether oxygens (including phenoxy) is 1. The van der Waals surface area contributed by atoms with Crippen molar-refractivity contribution < 1.29 is 22.7 Å². The maximum absolute atomic E-state index is 15.0. The van der Waals surface area contributed by atoms with E-state index in [2.05, 4.69) is 25.7 Å². The summed E-state index contributed by atoms with van der Waals surface area (Å²) in [5, 5.41) is 10.9. The number of aryl methyl sites for hydroxylation is 1. The predicted molar refractivity (Wildman–Crippen MR) is 132 cm³/mol. The molecule has 0 spiro atoms. The molecule has 2 N–H and O–H groups in total. The number of halogens is 3. The van der Waals surface area contributed by atoms with Gasteiger partial charge in [-0.2, -0.15) is 4.98 Å². The van der Waals surface area contributed by atoms with E-state index in [4.69, 9.17) is 4.74 Å². The van der Waals surface area contributed by atoms with Crippen LogP contribution in [0.4, 0.5) is 19.1 Å². The molecule has 1 saturated carbocycles. The van der Waals surface area contributed by atoms with Gasteiger partial charge in [0.25, 0.3) is 6.43 Å². The number of fused-ring (bicyclic) bond motifs is 2. The van der Waals surface area contributed by atoms with Crippen LogP contribution in [0.25, 0.3) is 27.7 Å². The first-order valence-corrected chi connectivity index (χ1v) is 12.2. The van der Waals surface area contributed by atoms with Crippen molar-refractivity contribution >= 4 is 28.4 Å². The maximum atomic E-state index is 15.0. The first kappa shape index (κ1) is 24.8. The highest BCUT2D eigenvalue weighted by molar-refractivity contribution is 5.90. The van der Waals surface area contributed by atoms with Crippen molar-refractivity contribution in [3.63, 3.8) is 0 Å². The van der Waals surface area contributed by atoms with Crippen molar-refractivity contribution in [2.75, 3.05) is 12.4 Å². The average Bonchev–Trinajstić information content (AvgIpc) is 3.41. The zero-order chi connectivity index (χ0) is 26.3. The number of rotatable bonds is 7. The number of nitrogens with one attached hydrogen (secondary N) is 2. The van der Waals surface area contributed by atoms with Gasteiger partial charge in [0.15, 0.2) is 5.82 Å². The second-order valence-corrected chi connectivity index (χ2v) is 9.35. The van der Waals surface area contributed by atoms with Gasteiger partial charge in [-0.1, -0.05) is 0 Å². The highest BCUT2D eigenvalue weighted by Crippen LogP contribution is 2.35. The Labute approximate surface area is 211 Å². The summed E-state index contributed by atoms with van der Waals surface area (Å²) in [6.07, 6.45) is 2.56. The van der Waals surface area contributed by atoms with Crippen molar-refractivity contribution in [2.24, 2.45) is 0 Å². The van der Waals surface area contributed by atoms with Gasteiger partial charge >= 0.3 is 0 Å². The van der Waals surface area contributed by atoms with Crippen LogP contribution < -0.4 is 15.4 Å². The lowest BCUT2D eigenvalue weighted by molar-refractivity contribution is -0.119. The first-order chi connectivity index (χ1) is 17.7. The molecule has 1 aliphatic carbocycles. The van der Waals surface area contributed by atoms with Gasteiger partial charge in [-0.3, -0.25) is 4.79 Å². The van der Waals surface area contributed by atoms with E-state index in [9.17, 15) is 13.6 Å². The number of anilines is 1. The van der Waals surface area contributed by atoms with Crippen LogP contribution in [0.2, 0.25) is 0 Å². The van der Waals surface area contributed by atoms with Crippen molar-refractivity contribution in [3.05, 3.63) is 36.0 Å². The molecular weight excluding hydrogens is 487 g/mol. The van der Waals surface area contributed by atoms with Crippen molar-refractivity contribution in [1.29, 1.82) is 0 Å². The fourth-order valence-electron chi connectivity index (χ4n) is 5.10. The number of aromatic nitrogens is 5. The van der Waals surface area contributed by atoms with Crippen LogP contribution in [0.3, 0.4) is 0 Å². The van der Waals surface area contributed by atoms with Gasteiger partial charge in [-0.05, 0) is 56.4 Å². The van der Waals surface area contributed by atoms with Crippen LogP contribution in [-0.4, -0.2) is 55.7 Å². The molecule has 0 bridgehead atoms. The SMILES string of the molecule is COc1nc(NC2CCC(NC(C)=O)CC2)nn2ccc(-c3cc(F)c4nc(C)n(CC(F)F)c4c3)c12. The Morgan fingerprint density at radius 1 is 1.19 bits per heavy atom. The summed E-state index contributed by atoms with van der Waals surface area (Å²) in [4.78, 5) is 20.0. The molecule has 0 unspecified atom stereocenters. The van der Waals surface area contributed by atoms with Crippen LogP contribution in [-0.2, 0) is 11.3 Å². The Bertz CT molecular complexity index is 1460. The van der Waals surface area contributed by atoms with E-state index in [-0.39, 0.29) is 23.5 Å². The normalized spacial score (nSPS) is 18.0. The van der Waals surface area contributed by atoms with Gasteiger partial charge in [-0.15, -0.1) is 5.10 Å². The van der Waals surface area contributed by atoms with E-state index in [0.29, 0.717) is 39.8 Å². The van der Waals surface area contributed by atoms with Crippen LogP contribution >= 0.6 is 0 Å². The number of imidazole rings is 1. The van der Waals surface area contributed by atoms with E-state index in [1.165, 1.54) is 24.7 Å². The number of carbonyl (C=O) groups excluding carboxylic acids is 1. The van der Waals surface area contributed by atoms with Crippen molar-refractivity contribution in [2.45, 2.75) is 64.6 Å². The largest absolute Gasteiger partial charge is 0.479 e. The lowest BCUT2D eigenvalue weighted by Gasteiger charge is -2.29. The molecule has 3 aromatic heterocycles. The zero-order valence-electron chi connectivity index (χ0n) is 20.8. The predicted octanol–water partition coefficient (Wildman–Crippen LogP) is 4.33. The third kappa shape index (κ3) is 4.92. The topological polar surface area (TPSA) is 98.4 Å². The highest BCUT2D eigenvalue weighted by Gasteiger charge is 2.24. The molecule has 5 rings (SSSR count). The summed E-state index contributed by atoms with van der Waals surface area (Å²) >= 11 is 0. The number of methoxy groups -OCH3 is 1. The Morgan fingerprint density at radius 3 is 2.59 bits per heavy atom. The van der Waals surface area contributed by atoms with Gasteiger partial charge < -0.3 is 19.9 Å². The lowest BCUT2D eigenvalue weighted by Crippen LogP contribution is -2.39. The summed E-state index contributed by atoms with van der Waals surface area (Å²) in [5.74, 6) is 0.377. The molecule has 1 amide bonds. The van der Waals surface area contributed by atoms with Crippen LogP contribution in [0, 0.1) is 12.7 Å². The van der Waals surface area contributed by atoms with E-state index in [0.717, 1.165) is 25.7 Å². The summed E-state index contributed by atoms with van der Waals surface area (Å²) in [6.45, 7) is 2.53. The molecule has 0 atom stereocenters. The number of amides is 1. The van der Waals surface area contributed by atoms with Crippen LogP contribution in [0.5, 0.6) is 5.88 Å². The van der Waals surface area contributed by atoms with Gasteiger partial charge in [0.1, 0.15) is 16.9 Å². The Hall–Kier alpha value is -3.83. The first-order valence-electron chi connectivity index (χ1n) is 12.2. The smallest absolute Gasteiger partial charge is 0.256 e. The molecule has 0 saturated heterocycles. The summed E-state index contributed by atoms with van der Waals surface area (Å²) < 4.78 is 49.8. The number of hydrogen-bond acceptors (Lipinski definition) is 6. The average molecular weight is 516 g/mol. The maximum Gasteiger partial charge on any atom is 0.256 e. The third-order valence-electron chi connectivity index (χ3n) is 6.77. The summed E-state index contributed by atoms with van der Waals surface area (Å²) in [6, 6.07) is 5.07. The number of alkyl halides is 2. The van der Waals surface area contributed by atoms with E-state index in [1.807, 2.05) is 0 Å². The zero-order valence-corrected chi connectivity index (χ0v) is 20.8. The minimum Gasteiger partial charge on any atom is -0.479 e. The molecule has 0 aliphatic heterocycles. The highest BCUT2D eigenvalue weighted by atomic mass is 19.3. The number of hydrogen-bond donors (Lipinski definition) is 2. The molecule has 196 valence electrons. The van der Waals surface area contributed by atoms with E-state index >= 15 is 4.39 Å². The van der Waals surface area contributed by atoms with Gasteiger partial charge in [-0.25, -0.2) is 22.7 Å². The molecular formula is C25H28F3N7O2. The van der Waals surface area contributed by atoms with E-state index in [1.54, 1.807) is 29.8 Å². The van der Waals surface area contributed by atoms with E-state index < -0.39 is 18.8 Å². The number of nitrogens with zero attached hydrogens (tertiary/aromatic N) is 5. The Kier molecular flexibility index (Phi) is 6.65. The lowest BCUT2D eigenvalue weighted by atomic mass is 9.91. The number of benzene rings is 1. The van der Waals surface area contributed by atoms with Gasteiger partial charge in [0.2, 0.25) is 17.7 Å². The molecule has 3 heterocycles.